The number of H-pyrrole nitrogens is 1. The SMILES string of the molecule is COc1ccc2[nH]cc(CCN3C(=O)C(=O)C(=C(O)c4ccc(F)cc4)[C@H]3c3ccccc3[N+](=O)[O-])c2c1. The topological polar surface area (TPSA) is 126 Å². The minimum absolute atomic E-state index is 0.0334. The van der Waals surface area contributed by atoms with E-state index in [-0.39, 0.29) is 28.9 Å². The number of amides is 1. The summed E-state index contributed by atoms with van der Waals surface area (Å²) in [5, 5.41) is 23.8. The van der Waals surface area contributed by atoms with E-state index in [1.165, 1.54) is 35.2 Å². The van der Waals surface area contributed by atoms with Crippen LogP contribution in [0.5, 0.6) is 5.75 Å². The summed E-state index contributed by atoms with van der Waals surface area (Å²) in [4.78, 5) is 42.2. The number of ether oxygens (including phenoxy) is 1. The first-order chi connectivity index (χ1) is 18.3. The Kier molecular flexibility index (Phi) is 6.38. The molecule has 1 saturated heterocycles. The molecule has 0 spiro atoms. The number of hydrogen-bond donors (Lipinski definition) is 2. The molecule has 1 atom stereocenters. The number of carbonyl (C=O) groups excluding carboxylic acids is 2. The van der Waals surface area contributed by atoms with E-state index >= 15 is 0 Å². The molecule has 0 radical (unpaired) electrons. The second-order valence-electron chi connectivity index (χ2n) is 8.79. The molecule has 4 aromatic rings. The molecular formula is C28H22FN3O6. The van der Waals surface area contributed by atoms with Crippen LogP contribution in [0.1, 0.15) is 22.7 Å². The standard InChI is InChI=1S/C28H22FN3O6/c1-38-19-10-11-22-21(14-19)17(15-30-22)12-13-31-25(20-4-2-3-5-23(20)32(36)37)24(27(34)28(31)35)26(33)16-6-8-18(29)9-7-16/h2-11,14-15,25,30,33H,12-13H2,1H3/t25-/m1/s1. The van der Waals surface area contributed by atoms with Crippen LogP contribution in [0, 0.1) is 15.9 Å². The van der Waals surface area contributed by atoms with Crippen molar-refractivity contribution in [3.05, 3.63) is 111 Å². The molecule has 1 amide bonds. The third kappa shape index (κ3) is 4.26. The highest BCUT2D eigenvalue weighted by Gasteiger charge is 2.47. The van der Waals surface area contributed by atoms with Gasteiger partial charge in [0.1, 0.15) is 17.3 Å². The number of halogens is 1. The van der Waals surface area contributed by atoms with Crippen LogP contribution in [-0.4, -0.2) is 45.3 Å². The number of aliphatic hydroxyl groups excluding tert-OH is 1. The molecule has 10 heteroatoms. The fourth-order valence-corrected chi connectivity index (χ4v) is 4.81. The number of hydrogen-bond acceptors (Lipinski definition) is 6. The minimum atomic E-state index is -1.22. The number of methoxy groups -OCH3 is 1. The molecule has 0 aliphatic carbocycles. The van der Waals surface area contributed by atoms with Gasteiger partial charge in [-0.1, -0.05) is 12.1 Å². The Labute approximate surface area is 215 Å². The summed E-state index contributed by atoms with van der Waals surface area (Å²) in [6, 6.07) is 14.8. The van der Waals surface area contributed by atoms with E-state index in [9.17, 15) is 29.2 Å². The monoisotopic (exact) mass is 515 g/mol. The molecule has 1 aromatic heterocycles. The number of nitro groups is 1. The third-order valence-corrected chi connectivity index (χ3v) is 6.68. The maximum Gasteiger partial charge on any atom is 0.295 e. The molecule has 9 nitrogen and oxygen atoms in total. The number of carbonyl (C=O) groups is 2. The molecule has 3 aromatic carbocycles. The minimum Gasteiger partial charge on any atom is -0.507 e. The predicted molar refractivity (Wildman–Crippen MR) is 137 cm³/mol. The van der Waals surface area contributed by atoms with Gasteiger partial charge in [0.15, 0.2) is 0 Å². The van der Waals surface area contributed by atoms with E-state index in [1.54, 1.807) is 19.4 Å². The first kappa shape index (κ1) is 24.7. The van der Waals surface area contributed by atoms with Crippen molar-refractivity contribution < 1.29 is 28.7 Å². The van der Waals surface area contributed by atoms with Gasteiger partial charge in [-0.25, -0.2) is 4.39 Å². The molecule has 1 aliphatic rings. The zero-order chi connectivity index (χ0) is 27.0. The molecule has 1 aliphatic heterocycles. The molecule has 0 saturated carbocycles. The number of likely N-dealkylation sites (tertiary alicyclic amines) is 1. The summed E-state index contributed by atoms with van der Waals surface area (Å²) in [6.45, 7) is 0.0334. The van der Waals surface area contributed by atoms with Gasteiger partial charge in [0.05, 0.1) is 29.2 Å². The summed E-state index contributed by atoms with van der Waals surface area (Å²) in [6.07, 6.45) is 2.10. The van der Waals surface area contributed by atoms with Gasteiger partial charge in [-0.3, -0.25) is 19.7 Å². The van der Waals surface area contributed by atoms with Crippen LogP contribution in [0.15, 0.2) is 78.5 Å². The highest BCUT2D eigenvalue weighted by Crippen LogP contribution is 2.42. The average molecular weight is 515 g/mol. The lowest BCUT2D eigenvalue weighted by molar-refractivity contribution is -0.385. The molecule has 0 unspecified atom stereocenters. The van der Waals surface area contributed by atoms with Crippen molar-refractivity contribution in [3.8, 4) is 5.75 Å². The van der Waals surface area contributed by atoms with Crippen LogP contribution in [0.3, 0.4) is 0 Å². The summed E-state index contributed by atoms with van der Waals surface area (Å²) in [5.41, 5.74) is 1.30. The molecular weight excluding hydrogens is 493 g/mol. The Morgan fingerprint density at radius 1 is 1.13 bits per heavy atom. The third-order valence-electron chi connectivity index (χ3n) is 6.68. The highest BCUT2D eigenvalue weighted by molar-refractivity contribution is 6.46. The number of nitrogens with zero attached hydrogens (tertiary/aromatic N) is 2. The summed E-state index contributed by atoms with van der Waals surface area (Å²) < 4.78 is 18.8. The van der Waals surface area contributed by atoms with Crippen molar-refractivity contribution in [3.63, 3.8) is 0 Å². The van der Waals surface area contributed by atoms with Gasteiger partial charge in [0.2, 0.25) is 0 Å². The summed E-state index contributed by atoms with van der Waals surface area (Å²) in [7, 11) is 1.56. The average Bonchev–Trinajstić information content (AvgIpc) is 3.44. The lowest BCUT2D eigenvalue weighted by atomic mass is 9.94. The van der Waals surface area contributed by atoms with Crippen molar-refractivity contribution in [1.29, 1.82) is 0 Å². The number of benzene rings is 3. The van der Waals surface area contributed by atoms with Crippen LogP contribution in [0.25, 0.3) is 16.7 Å². The Morgan fingerprint density at radius 2 is 1.87 bits per heavy atom. The summed E-state index contributed by atoms with van der Waals surface area (Å²) >= 11 is 0. The molecule has 192 valence electrons. The van der Waals surface area contributed by atoms with Crippen molar-refractivity contribution in [1.82, 2.24) is 9.88 Å². The number of ketones is 1. The second-order valence-corrected chi connectivity index (χ2v) is 8.79. The highest BCUT2D eigenvalue weighted by atomic mass is 19.1. The van der Waals surface area contributed by atoms with Crippen LogP contribution in [-0.2, 0) is 16.0 Å². The zero-order valence-electron chi connectivity index (χ0n) is 20.2. The number of aromatic amines is 1. The molecule has 38 heavy (non-hydrogen) atoms. The first-order valence-electron chi connectivity index (χ1n) is 11.7. The number of para-hydroxylation sites is 1. The number of nitro benzene ring substituents is 1. The fourth-order valence-electron chi connectivity index (χ4n) is 4.81. The molecule has 2 N–H and O–H groups in total. The van der Waals surface area contributed by atoms with E-state index in [0.717, 1.165) is 28.6 Å². The van der Waals surface area contributed by atoms with Gasteiger partial charge in [-0.05, 0) is 60.5 Å². The van der Waals surface area contributed by atoms with Gasteiger partial charge in [-0.2, -0.15) is 0 Å². The van der Waals surface area contributed by atoms with Gasteiger partial charge in [0.25, 0.3) is 17.4 Å². The molecule has 2 heterocycles. The number of rotatable bonds is 7. The quantitative estimate of drug-likeness (QED) is 0.119. The van der Waals surface area contributed by atoms with Crippen molar-refractivity contribution in [2.45, 2.75) is 12.5 Å². The number of aromatic nitrogens is 1. The maximum atomic E-state index is 13.5. The number of Topliss-reactive ketones (excluding diaryl/α,β-unsaturated/α-hetero) is 1. The maximum absolute atomic E-state index is 13.5. The van der Waals surface area contributed by atoms with E-state index in [0.29, 0.717) is 12.2 Å². The van der Waals surface area contributed by atoms with Gasteiger partial charge < -0.3 is 19.7 Å². The van der Waals surface area contributed by atoms with Crippen LogP contribution < -0.4 is 4.74 Å². The summed E-state index contributed by atoms with van der Waals surface area (Å²) in [5.74, 6) is -2.30. The fraction of sp³-hybridized carbons (Fsp3) is 0.143. The van der Waals surface area contributed by atoms with Gasteiger partial charge in [-0.15, -0.1) is 0 Å². The van der Waals surface area contributed by atoms with E-state index < -0.39 is 34.2 Å². The predicted octanol–water partition coefficient (Wildman–Crippen LogP) is 4.89. The van der Waals surface area contributed by atoms with Crippen molar-refractivity contribution in [2.75, 3.05) is 13.7 Å². The lowest BCUT2D eigenvalue weighted by Crippen LogP contribution is -2.32. The Balaban J connectivity index is 1.60. The van der Waals surface area contributed by atoms with Gasteiger partial charge >= 0.3 is 0 Å². The van der Waals surface area contributed by atoms with Crippen molar-refractivity contribution >= 4 is 34.0 Å². The largest absolute Gasteiger partial charge is 0.507 e. The Bertz CT molecular complexity index is 1610. The normalized spacial score (nSPS) is 16.8. The molecule has 0 bridgehead atoms. The first-order valence-corrected chi connectivity index (χ1v) is 11.7. The van der Waals surface area contributed by atoms with Crippen LogP contribution >= 0.6 is 0 Å². The zero-order valence-corrected chi connectivity index (χ0v) is 20.2. The van der Waals surface area contributed by atoms with Gasteiger partial charge in [0, 0.05) is 35.3 Å². The number of nitrogens with one attached hydrogen (secondary N) is 1. The number of aliphatic hydroxyl groups is 1. The second kappa shape index (κ2) is 9.81. The smallest absolute Gasteiger partial charge is 0.295 e. The van der Waals surface area contributed by atoms with E-state index in [1.807, 2.05) is 18.2 Å². The van der Waals surface area contributed by atoms with E-state index in [4.69, 9.17) is 4.74 Å². The Hall–Kier alpha value is -4.99. The Morgan fingerprint density at radius 3 is 2.58 bits per heavy atom. The van der Waals surface area contributed by atoms with Crippen molar-refractivity contribution in [2.24, 2.45) is 0 Å². The molecule has 1 fully saturated rings. The van der Waals surface area contributed by atoms with Crippen LogP contribution in [0.2, 0.25) is 0 Å². The number of fused-ring (bicyclic) bond motifs is 1. The van der Waals surface area contributed by atoms with E-state index in [2.05, 4.69) is 4.98 Å². The lowest BCUT2D eigenvalue weighted by Gasteiger charge is -2.25. The van der Waals surface area contributed by atoms with Crippen LogP contribution in [0.4, 0.5) is 10.1 Å². The molecule has 5 rings (SSSR count).